The Bertz CT molecular complexity index is 1480. The van der Waals surface area contributed by atoms with Crippen LogP contribution in [0.5, 0.6) is 0 Å². The van der Waals surface area contributed by atoms with Gasteiger partial charge in [-0.3, -0.25) is 38.1 Å². The van der Waals surface area contributed by atoms with E-state index in [0.29, 0.717) is 25.1 Å². The molecule has 0 aromatic carbocycles. The van der Waals surface area contributed by atoms with Crippen LogP contribution in [0, 0.1) is 5.92 Å². The van der Waals surface area contributed by atoms with Gasteiger partial charge in [0.05, 0.1) is 25.5 Å². The van der Waals surface area contributed by atoms with Crippen molar-refractivity contribution in [2.45, 2.75) is 103 Å². The summed E-state index contributed by atoms with van der Waals surface area (Å²) in [6.45, 7) is 5.25. The summed E-state index contributed by atoms with van der Waals surface area (Å²) in [5.41, 5.74) is 5.56. The minimum absolute atomic E-state index is 0.0436. The van der Waals surface area contributed by atoms with Crippen LogP contribution in [0.2, 0.25) is 0 Å². The predicted molar refractivity (Wildman–Crippen MR) is 175 cm³/mol. The van der Waals surface area contributed by atoms with Gasteiger partial charge in [0.15, 0.2) is 0 Å². The largest absolute Gasteiger partial charge is 0.481 e. The quantitative estimate of drug-likeness (QED) is 0.0596. The molecule has 1 fully saturated rings. The molecule has 10 N–H and O–H groups in total. The highest BCUT2D eigenvalue weighted by Gasteiger charge is 2.37. The van der Waals surface area contributed by atoms with Crippen LogP contribution in [0.25, 0.3) is 0 Å². The molecule has 0 bridgehead atoms. The fourth-order valence-electron chi connectivity index (χ4n) is 5.43. The number of carboxylic acid groups (broad SMARTS) is 1. The molecule has 0 spiro atoms. The van der Waals surface area contributed by atoms with Crippen molar-refractivity contribution in [1.29, 1.82) is 0 Å². The molecule has 6 atom stereocenters. The molecule has 0 radical (unpaired) electrons. The SMILES string of the molecule is CC(=O)N1CCCC1C(=O)N[C@@H](CC(C)C)C(=O)N[C@@H](Cc1cncn1CCC(=O)O)C(=O)N[C@@H](CO)C(=O)N[C@H](C(N)=O)[C@@H](C)OP(=O)(O)O. The Morgan fingerprint density at radius 2 is 1.61 bits per heavy atom. The molecule has 21 nitrogen and oxygen atoms in total. The number of nitrogens with zero attached hydrogens (tertiary/aromatic N) is 3. The molecule has 2 heterocycles. The summed E-state index contributed by atoms with van der Waals surface area (Å²) in [6, 6.07) is -7.09. The number of hydrogen-bond donors (Lipinski definition) is 9. The molecule has 6 amide bonds. The van der Waals surface area contributed by atoms with Crippen LogP contribution < -0.4 is 27.0 Å². The van der Waals surface area contributed by atoms with Gasteiger partial charge in [0.25, 0.3) is 0 Å². The molecule has 51 heavy (non-hydrogen) atoms. The van der Waals surface area contributed by atoms with E-state index in [-0.39, 0.29) is 37.6 Å². The first kappa shape index (κ1) is 42.7. The van der Waals surface area contributed by atoms with Gasteiger partial charge in [-0.2, -0.15) is 0 Å². The molecule has 1 aliphatic rings. The second kappa shape index (κ2) is 19.3. The van der Waals surface area contributed by atoms with Crippen LogP contribution in [0.4, 0.5) is 0 Å². The van der Waals surface area contributed by atoms with Crippen LogP contribution >= 0.6 is 7.82 Å². The molecule has 286 valence electrons. The first-order valence-electron chi connectivity index (χ1n) is 16.1. The second-order valence-corrected chi connectivity index (χ2v) is 13.7. The van der Waals surface area contributed by atoms with Crippen molar-refractivity contribution in [1.82, 2.24) is 35.7 Å². The van der Waals surface area contributed by atoms with Crippen LogP contribution in [0.15, 0.2) is 12.5 Å². The number of aryl methyl sites for hydroxylation is 1. The molecule has 0 saturated carbocycles. The number of rotatable bonds is 20. The van der Waals surface area contributed by atoms with E-state index in [9.17, 15) is 43.2 Å². The van der Waals surface area contributed by atoms with Crippen LogP contribution in [0.1, 0.15) is 59.1 Å². The molecule has 1 aromatic heterocycles. The number of carboxylic acids is 1. The normalized spacial score (nSPS) is 17.5. The monoisotopic (exact) mass is 746 g/mol. The average Bonchev–Trinajstić information content (AvgIpc) is 3.69. The number of carbonyl (C=O) groups excluding carboxylic acids is 6. The lowest BCUT2D eigenvalue weighted by molar-refractivity contribution is -0.139. The Morgan fingerprint density at radius 1 is 1.00 bits per heavy atom. The molecule has 1 aromatic rings. The van der Waals surface area contributed by atoms with Crippen molar-refractivity contribution in [3.63, 3.8) is 0 Å². The highest BCUT2D eigenvalue weighted by molar-refractivity contribution is 7.46. The van der Waals surface area contributed by atoms with E-state index < -0.39 is 86.2 Å². The summed E-state index contributed by atoms with van der Waals surface area (Å²) in [4.78, 5) is 112. The summed E-state index contributed by atoms with van der Waals surface area (Å²) in [7, 11) is -5.12. The molecule has 0 aliphatic carbocycles. The van der Waals surface area contributed by atoms with E-state index in [1.54, 1.807) is 13.8 Å². The van der Waals surface area contributed by atoms with E-state index in [1.807, 2.05) is 0 Å². The minimum atomic E-state index is -5.12. The second-order valence-electron chi connectivity index (χ2n) is 12.5. The Kier molecular flexibility index (Phi) is 16.1. The maximum atomic E-state index is 13.7. The summed E-state index contributed by atoms with van der Waals surface area (Å²) in [6.07, 6.45) is 1.50. The third kappa shape index (κ3) is 13.7. The van der Waals surface area contributed by atoms with E-state index in [1.165, 1.54) is 28.9 Å². The average molecular weight is 747 g/mol. The fraction of sp³-hybridized carbons (Fsp3) is 0.655. The predicted octanol–water partition coefficient (Wildman–Crippen LogP) is -3.13. The van der Waals surface area contributed by atoms with Gasteiger partial charge in [-0.1, -0.05) is 13.8 Å². The number of nitrogens with two attached hydrogens (primary N) is 1. The van der Waals surface area contributed by atoms with Gasteiger partial charge in [-0.05, 0) is 32.1 Å². The summed E-state index contributed by atoms with van der Waals surface area (Å²) in [5, 5.41) is 28.7. The lowest BCUT2D eigenvalue weighted by atomic mass is 10.0. The summed E-state index contributed by atoms with van der Waals surface area (Å²) < 4.78 is 17.1. The molecule has 1 aliphatic heterocycles. The molecule has 1 saturated heterocycles. The van der Waals surface area contributed by atoms with Gasteiger partial charge in [0.2, 0.25) is 35.4 Å². The molecule has 22 heteroatoms. The molecular formula is C29H47N8O13P. The number of likely N-dealkylation sites (tertiary alicyclic amines) is 1. The molecule has 1 unspecified atom stereocenters. The maximum absolute atomic E-state index is 13.7. The van der Waals surface area contributed by atoms with Gasteiger partial charge in [-0.15, -0.1) is 0 Å². The van der Waals surface area contributed by atoms with Gasteiger partial charge >= 0.3 is 13.8 Å². The number of aliphatic carboxylic acids is 1. The van der Waals surface area contributed by atoms with Crippen molar-refractivity contribution in [2.24, 2.45) is 11.7 Å². The van der Waals surface area contributed by atoms with Gasteiger partial charge < -0.3 is 56.5 Å². The lowest BCUT2D eigenvalue weighted by Gasteiger charge is -2.28. The van der Waals surface area contributed by atoms with Crippen LogP contribution in [-0.2, 0) is 55.6 Å². The number of nitrogens with one attached hydrogen (secondary N) is 4. The van der Waals surface area contributed by atoms with Gasteiger partial charge in [0.1, 0.15) is 30.2 Å². The number of carbonyl (C=O) groups is 7. The highest BCUT2D eigenvalue weighted by Crippen LogP contribution is 2.38. The van der Waals surface area contributed by atoms with Gasteiger partial charge in [0, 0.05) is 38.3 Å². The minimum Gasteiger partial charge on any atom is -0.481 e. The van der Waals surface area contributed by atoms with E-state index in [4.69, 9.17) is 20.6 Å². The number of aromatic nitrogens is 2. The van der Waals surface area contributed by atoms with E-state index in [2.05, 4.69) is 30.8 Å². The number of aliphatic hydroxyl groups is 1. The van der Waals surface area contributed by atoms with Crippen molar-refractivity contribution in [3.05, 3.63) is 18.2 Å². The number of phosphoric ester groups is 1. The van der Waals surface area contributed by atoms with Crippen molar-refractivity contribution >= 4 is 49.2 Å². The number of aliphatic hydroxyl groups excluding tert-OH is 1. The smallest absolute Gasteiger partial charge is 0.469 e. The van der Waals surface area contributed by atoms with Crippen molar-refractivity contribution in [3.8, 4) is 0 Å². The summed E-state index contributed by atoms with van der Waals surface area (Å²) >= 11 is 0. The number of primary amides is 1. The zero-order valence-electron chi connectivity index (χ0n) is 28.7. The van der Waals surface area contributed by atoms with Gasteiger partial charge in [-0.25, -0.2) is 9.55 Å². The highest BCUT2D eigenvalue weighted by atomic mass is 31.2. The third-order valence-corrected chi connectivity index (χ3v) is 8.51. The van der Waals surface area contributed by atoms with Crippen molar-refractivity contribution in [2.75, 3.05) is 13.2 Å². The topological polar surface area (TPSA) is 322 Å². The zero-order valence-corrected chi connectivity index (χ0v) is 29.6. The third-order valence-electron chi connectivity index (χ3n) is 7.90. The number of amides is 6. The van der Waals surface area contributed by atoms with Crippen LogP contribution in [-0.4, -0.2) is 125 Å². The number of hydrogen-bond acceptors (Lipinski definition) is 11. The first-order chi connectivity index (χ1) is 23.7. The summed E-state index contributed by atoms with van der Waals surface area (Å²) in [5.74, 6) is -6.40. The standard InChI is InChI=1S/C29H47N8O13P/c1-15(2)10-19(33-29(46)22-6-5-8-37(22)17(4)39)26(43)32-20(11-18-12-31-14-36(18)9-7-23(40)41)27(44)34-21(13-38)28(45)35-24(25(30)42)16(3)50-51(47,48)49/h12,14-16,19-22,24,38H,5-11,13H2,1-4H3,(H2,30,42)(H,32,43)(H,33,46)(H,34,44)(H,35,45)(H,40,41)(H2,47,48,49)/t16-,19+,20+,21+,22?,24+/m1/s1. The number of imidazole rings is 1. The van der Waals surface area contributed by atoms with Crippen molar-refractivity contribution < 1.29 is 62.7 Å². The molecule has 2 rings (SSSR count). The first-order valence-corrected chi connectivity index (χ1v) is 17.6. The van der Waals surface area contributed by atoms with E-state index >= 15 is 0 Å². The fourth-order valence-corrected chi connectivity index (χ4v) is 5.99. The lowest BCUT2D eigenvalue weighted by Crippen LogP contribution is -2.61. The Morgan fingerprint density at radius 3 is 2.16 bits per heavy atom. The maximum Gasteiger partial charge on any atom is 0.469 e. The number of phosphoric acid groups is 1. The van der Waals surface area contributed by atoms with Crippen LogP contribution in [0.3, 0.4) is 0 Å². The Hall–Kier alpha value is -4.43. The molecular weight excluding hydrogens is 699 g/mol. The Labute approximate surface area is 293 Å². The van der Waals surface area contributed by atoms with E-state index in [0.717, 1.165) is 6.92 Å². The Balaban J connectivity index is 2.36. The zero-order chi connectivity index (χ0) is 38.6.